The zero-order valence-electron chi connectivity index (χ0n) is 5.13. The number of nitrogens with one attached hydrogen (secondary N) is 1. The molecule has 9 heavy (non-hydrogen) atoms. The van der Waals surface area contributed by atoms with Crippen LogP contribution in [0.1, 0.15) is 0 Å². The number of urea groups is 1. The lowest BCUT2D eigenvalue weighted by Crippen LogP contribution is -2.27. The van der Waals surface area contributed by atoms with E-state index in [-0.39, 0.29) is 12.1 Å². The van der Waals surface area contributed by atoms with Crippen LogP contribution in [0.25, 0.3) is 0 Å². The monoisotopic (exact) mass is 128 g/mol. The van der Waals surface area contributed by atoms with Gasteiger partial charge in [-0.05, 0) is 0 Å². The summed E-state index contributed by atoms with van der Waals surface area (Å²) in [5.74, 6) is 0. The molecule has 0 aromatic rings. The van der Waals surface area contributed by atoms with Crippen molar-refractivity contribution in [1.82, 2.24) is 10.2 Å². The molecule has 4 nitrogen and oxygen atoms in total. The number of aldehydes is 1. The number of carbonyl (C=O) groups excluding carboxylic acids is 2. The van der Waals surface area contributed by atoms with Gasteiger partial charge in [0.2, 0.25) is 0 Å². The van der Waals surface area contributed by atoms with Gasteiger partial charge in [0.05, 0.1) is 0 Å². The lowest BCUT2D eigenvalue weighted by atomic mass is 10.4. The average Bonchev–Trinajstić information content (AvgIpc) is 2.13. The van der Waals surface area contributed by atoms with Gasteiger partial charge < -0.3 is 15.0 Å². The van der Waals surface area contributed by atoms with E-state index in [9.17, 15) is 9.59 Å². The third kappa shape index (κ3) is 1.01. The Hall–Kier alpha value is -1.06. The fourth-order valence-electron chi connectivity index (χ4n) is 0.769. The summed E-state index contributed by atoms with van der Waals surface area (Å²) in [6.45, 7) is 0.488. The first-order chi connectivity index (χ1) is 4.24. The molecule has 0 radical (unpaired) electrons. The van der Waals surface area contributed by atoms with E-state index in [1.165, 1.54) is 4.90 Å². The van der Waals surface area contributed by atoms with Crippen LogP contribution in [0.5, 0.6) is 0 Å². The highest BCUT2D eigenvalue weighted by Gasteiger charge is 2.24. The first-order valence-electron chi connectivity index (χ1n) is 2.71. The summed E-state index contributed by atoms with van der Waals surface area (Å²) >= 11 is 0. The molecule has 1 aliphatic rings. The van der Waals surface area contributed by atoms with Gasteiger partial charge in [0, 0.05) is 13.6 Å². The quantitative estimate of drug-likeness (QED) is 0.470. The van der Waals surface area contributed by atoms with Crippen molar-refractivity contribution < 1.29 is 9.59 Å². The molecule has 0 saturated carbocycles. The predicted octanol–water partition coefficient (Wildman–Crippen LogP) is -0.791. The molecule has 1 fully saturated rings. The van der Waals surface area contributed by atoms with Crippen LogP contribution in [-0.2, 0) is 4.79 Å². The second-order valence-electron chi connectivity index (χ2n) is 2.07. The van der Waals surface area contributed by atoms with Crippen molar-refractivity contribution in [1.29, 1.82) is 0 Å². The molecule has 0 bridgehead atoms. The van der Waals surface area contributed by atoms with E-state index in [0.29, 0.717) is 6.54 Å². The molecule has 4 heteroatoms. The van der Waals surface area contributed by atoms with E-state index in [4.69, 9.17) is 0 Å². The Morgan fingerprint density at radius 3 is 2.78 bits per heavy atom. The molecule has 1 rings (SSSR count). The van der Waals surface area contributed by atoms with Crippen LogP contribution in [0, 0.1) is 0 Å². The van der Waals surface area contributed by atoms with Crippen molar-refractivity contribution in [2.24, 2.45) is 0 Å². The molecule has 1 aliphatic heterocycles. The van der Waals surface area contributed by atoms with Crippen LogP contribution < -0.4 is 5.32 Å². The van der Waals surface area contributed by atoms with Crippen molar-refractivity contribution in [2.75, 3.05) is 13.6 Å². The highest BCUT2D eigenvalue weighted by molar-refractivity contribution is 5.81. The van der Waals surface area contributed by atoms with Crippen molar-refractivity contribution >= 4 is 12.3 Å². The topological polar surface area (TPSA) is 49.4 Å². The molecule has 0 spiro atoms. The van der Waals surface area contributed by atoms with Gasteiger partial charge in [-0.25, -0.2) is 4.79 Å². The molecule has 1 heterocycles. The second-order valence-corrected chi connectivity index (χ2v) is 2.07. The third-order valence-electron chi connectivity index (χ3n) is 1.29. The highest BCUT2D eigenvalue weighted by atomic mass is 16.2. The summed E-state index contributed by atoms with van der Waals surface area (Å²) in [4.78, 5) is 22.1. The number of likely N-dealkylation sites (N-methyl/N-ethyl adjacent to an activating group) is 1. The number of carbonyl (C=O) groups is 2. The maximum absolute atomic E-state index is 10.6. The fraction of sp³-hybridized carbons (Fsp3) is 0.600. The number of hydrogen-bond donors (Lipinski definition) is 1. The SMILES string of the molecule is CN1CC(C=O)NC1=O. The molecule has 1 atom stereocenters. The number of nitrogens with zero attached hydrogens (tertiary/aromatic N) is 1. The minimum absolute atomic E-state index is 0.174. The van der Waals surface area contributed by atoms with E-state index in [2.05, 4.69) is 5.32 Å². The maximum atomic E-state index is 10.6. The van der Waals surface area contributed by atoms with Crippen molar-refractivity contribution in [3.05, 3.63) is 0 Å². The Kier molecular flexibility index (Phi) is 1.38. The molecule has 0 aromatic heterocycles. The van der Waals surface area contributed by atoms with Gasteiger partial charge in [0.25, 0.3) is 0 Å². The van der Waals surface area contributed by atoms with Gasteiger partial charge in [0.15, 0.2) is 0 Å². The van der Waals surface area contributed by atoms with Gasteiger partial charge in [-0.2, -0.15) is 0 Å². The van der Waals surface area contributed by atoms with Crippen molar-refractivity contribution in [2.45, 2.75) is 6.04 Å². The molecule has 50 valence electrons. The van der Waals surface area contributed by atoms with Gasteiger partial charge in [-0.15, -0.1) is 0 Å². The maximum Gasteiger partial charge on any atom is 0.317 e. The minimum atomic E-state index is -0.303. The van der Waals surface area contributed by atoms with Crippen molar-refractivity contribution in [3.63, 3.8) is 0 Å². The van der Waals surface area contributed by atoms with Gasteiger partial charge >= 0.3 is 6.03 Å². The molecule has 0 aromatic carbocycles. The average molecular weight is 128 g/mol. The smallest absolute Gasteiger partial charge is 0.317 e. The standard InChI is InChI=1S/C5H8N2O2/c1-7-2-4(3-8)6-5(7)9/h3-4H,2H2,1H3,(H,6,9). The van der Waals surface area contributed by atoms with Gasteiger partial charge in [-0.3, -0.25) is 0 Å². The van der Waals surface area contributed by atoms with Gasteiger partial charge in [-0.1, -0.05) is 0 Å². The molecule has 2 amide bonds. The largest absolute Gasteiger partial charge is 0.327 e. The minimum Gasteiger partial charge on any atom is -0.327 e. The normalized spacial score (nSPS) is 26.1. The number of hydrogen-bond acceptors (Lipinski definition) is 2. The molecule has 0 aliphatic carbocycles. The van der Waals surface area contributed by atoms with E-state index >= 15 is 0 Å². The highest BCUT2D eigenvalue weighted by Crippen LogP contribution is 1.96. The number of rotatable bonds is 1. The predicted molar refractivity (Wildman–Crippen MR) is 31.0 cm³/mol. The Morgan fingerprint density at radius 2 is 2.56 bits per heavy atom. The fourth-order valence-corrected chi connectivity index (χ4v) is 0.769. The molecule has 1 unspecified atom stereocenters. The number of amides is 2. The summed E-state index contributed by atoms with van der Waals surface area (Å²) in [6, 6.07) is -0.477. The summed E-state index contributed by atoms with van der Waals surface area (Å²) in [6.07, 6.45) is 0.738. The van der Waals surface area contributed by atoms with E-state index in [1.807, 2.05) is 0 Å². The zero-order valence-corrected chi connectivity index (χ0v) is 5.13. The van der Waals surface area contributed by atoms with E-state index in [0.717, 1.165) is 6.29 Å². The van der Waals surface area contributed by atoms with Crippen LogP contribution in [-0.4, -0.2) is 36.9 Å². The molecule has 1 saturated heterocycles. The summed E-state index contributed by atoms with van der Waals surface area (Å²) in [5, 5.41) is 2.47. The molecular formula is C5H8N2O2. The Bertz CT molecular complexity index is 146. The first kappa shape index (κ1) is 6.07. The summed E-state index contributed by atoms with van der Waals surface area (Å²) < 4.78 is 0. The van der Waals surface area contributed by atoms with Gasteiger partial charge in [0.1, 0.15) is 12.3 Å². The molecule has 1 N–H and O–H groups in total. The van der Waals surface area contributed by atoms with Crippen LogP contribution in [0.15, 0.2) is 0 Å². The van der Waals surface area contributed by atoms with Crippen LogP contribution in [0.4, 0.5) is 4.79 Å². The lowest BCUT2D eigenvalue weighted by Gasteiger charge is -2.01. The van der Waals surface area contributed by atoms with E-state index in [1.54, 1.807) is 7.05 Å². The molecular weight excluding hydrogens is 120 g/mol. The zero-order chi connectivity index (χ0) is 6.85. The summed E-state index contributed by atoms with van der Waals surface area (Å²) in [7, 11) is 1.65. The third-order valence-corrected chi connectivity index (χ3v) is 1.29. The van der Waals surface area contributed by atoms with E-state index < -0.39 is 0 Å². The lowest BCUT2D eigenvalue weighted by molar-refractivity contribution is -0.109. The van der Waals surface area contributed by atoms with Crippen LogP contribution in [0.3, 0.4) is 0 Å². The Labute approximate surface area is 52.8 Å². The Balaban J connectivity index is 2.53. The second kappa shape index (κ2) is 2.05. The summed E-state index contributed by atoms with van der Waals surface area (Å²) in [5.41, 5.74) is 0. The van der Waals surface area contributed by atoms with Crippen LogP contribution in [0.2, 0.25) is 0 Å². The van der Waals surface area contributed by atoms with Crippen molar-refractivity contribution in [3.8, 4) is 0 Å². The van der Waals surface area contributed by atoms with Crippen LogP contribution >= 0.6 is 0 Å². The first-order valence-corrected chi connectivity index (χ1v) is 2.71. The Morgan fingerprint density at radius 1 is 1.89 bits per heavy atom.